The fraction of sp³-hybridized carbons (Fsp3) is 0.643. The van der Waals surface area contributed by atoms with Crippen molar-refractivity contribution in [2.45, 2.75) is 31.1 Å². The number of hydrogen-bond acceptors (Lipinski definition) is 11. The van der Waals surface area contributed by atoms with E-state index in [2.05, 4.69) is 24.5 Å². The zero-order chi connectivity index (χ0) is 19.6. The highest BCUT2D eigenvalue weighted by molar-refractivity contribution is 7.75. The minimum absolute atomic E-state index is 0.125. The molecule has 13 heteroatoms. The van der Waals surface area contributed by atoms with Crippen molar-refractivity contribution in [2.75, 3.05) is 33.2 Å². The van der Waals surface area contributed by atoms with Crippen LogP contribution in [0.5, 0.6) is 0 Å². The van der Waals surface area contributed by atoms with Crippen molar-refractivity contribution in [3.63, 3.8) is 0 Å². The Morgan fingerprint density at radius 2 is 2.11 bits per heavy atom. The Kier molecular flexibility index (Phi) is 6.31. The predicted molar refractivity (Wildman–Crippen MR) is 92.6 cm³/mol. The smallest absolute Gasteiger partial charge is 0.304 e. The van der Waals surface area contributed by atoms with Gasteiger partial charge in [0, 0.05) is 14.2 Å². The van der Waals surface area contributed by atoms with Gasteiger partial charge in [0.1, 0.15) is 24.9 Å². The molecule has 150 valence electrons. The molecule has 0 radical (unpaired) electrons. The maximum absolute atomic E-state index is 11.3. The summed E-state index contributed by atoms with van der Waals surface area (Å²) in [4.78, 5) is 12.9. The van der Waals surface area contributed by atoms with Crippen molar-refractivity contribution in [3.8, 4) is 0 Å². The Morgan fingerprint density at radius 1 is 1.33 bits per heavy atom. The lowest BCUT2D eigenvalue weighted by Gasteiger charge is -2.17. The van der Waals surface area contributed by atoms with E-state index in [1.807, 2.05) is 0 Å². The first-order valence-electron chi connectivity index (χ1n) is 8.01. The molecule has 12 nitrogen and oxygen atoms in total. The van der Waals surface area contributed by atoms with Gasteiger partial charge in [-0.25, -0.2) is 15.0 Å². The van der Waals surface area contributed by atoms with Crippen LogP contribution in [0.3, 0.4) is 0 Å². The van der Waals surface area contributed by atoms with Gasteiger partial charge in [-0.05, 0) is 0 Å². The Labute approximate surface area is 157 Å². The first-order valence-corrected chi connectivity index (χ1v) is 9.01. The molecule has 3 heterocycles. The second-order valence-corrected chi connectivity index (χ2v) is 6.67. The SMILES string of the molecule is CNc1nc(COS(=O)OC)nc2c1ncn2C1O[C@H](COC)C(O)C1O. The zero-order valence-corrected chi connectivity index (χ0v) is 15.8. The molecule has 4 unspecified atom stereocenters. The van der Waals surface area contributed by atoms with Gasteiger partial charge in [-0.1, -0.05) is 0 Å². The second kappa shape index (κ2) is 8.52. The molecule has 3 rings (SSSR count). The van der Waals surface area contributed by atoms with Crippen LogP contribution in [-0.2, 0) is 35.8 Å². The number of anilines is 1. The maximum Gasteiger partial charge on any atom is 0.304 e. The van der Waals surface area contributed by atoms with Crippen molar-refractivity contribution >= 4 is 28.3 Å². The summed E-state index contributed by atoms with van der Waals surface area (Å²) in [7, 11) is 4.39. The topological polar surface area (TPSA) is 150 Å². The number of methoxy groups -OCH3 is 1. The molecule has 0 amide bonds. The molecule has 1 saturated heterocycles. The number of fused-ring (bicyclic) bond motifs is 1. The van der Waals surface area contributed by atoms with Gasteiger partial charge in [-0.15, -0.1) is 0 Å². The molecule has 5 atom stereocenters. The molecule has 1 aliphatic rings. The number of aromatic nitrogens is 4. The molecule has 0 aliphatic carbocycles. The van der Waals surface area contributed by atoms with E-state index in [1.165, 1.54) is 25.1 Å². The molecule has 2 aromatic rings. The van der Waals surface area contributed by atoms with E-state index in [0.29, 0.717) is 17.0 Å². The minimum atomic E-state index is -1.92. The molecule has 3 N–H and O–H groups in total. The van der Waals surface area contributed by atoms with Gasteiger partial charge in [-0.2, -0.15) is 4.21 Å². The number of nitrogens with one attached hydrogen (secondary N) is 1. The Morgan fingerprint density at radius 3 is 2.78 bits per heavy atom. The van der Waals surface area contributed by atoms with E-state index in [9.17, 15) is 14.4 Å². The predicted octanol–water partition coefficient (Wildman–Crippen LogP) is -1.12. The average Bonchev–Trinajstić information content (AvgIpc) is 3.21. The van der Waals surface area contributed by atoms with Crippen LogP contribution in [0.4, 0.5) is 5.82 Å². The first-order chi connectivity index (χ1) is 13.0. The highest BCUT2D eigenvalue weighted by Crippen LogP contribution is 2.32. The molecule has 0 saturated carbocycles. The third-order valence-electron chi connectivity index (χ3n) is 4.07. The van der Waals surface area contributed by atoms with Crippen molar-refractivity contribution in [1.82, 2.24) is 19.5 Å². The van der Waals surface area contributed by atoms with E-state index in [-0.39, 0.29) is 19.0 Å². The molecule has 0 spiro atoms. The van der Waals surface area contributed by atoms with Gasteiger partial charge >= 0.3 is 11.4 Å². The Hall–Kier alpha value is -1.74. The summed E-state index contributed by atoms with van der Waals surface area (Å²) >= 11 is -1.92. The van der Waals surface area contributed by atoms with Crippen LogP contribution < -0.4 is 5.32 Å². The largest absolute Gasteiger partial charge is 0.387 e. The van der Waals surface area contributed by atoms with E-state index >= 15 is 0 Å². The Bertz CT molecular complexity index is 818. The molecular weight excluding hydrogens is 382 g/mol. The molecule has 0 aromatic carbocycles. The van der Waals surface area contributed by atoms with Gasteiger partial charge in [0.05, 0.1) is 20.0 Å². The Balaban J connectivity index is 1.95. The van der Waals surface area contributed by atoms with Crippen LogP contribution in [0.2, 0.25) is 0 Å². The number of hydrogen-bond donors (Lipinski definition) is 3. The van der Waals surface area contributed by atoms with Crippen LogP contribution in [0.15, 0.2) is 6.33 Å². The fourth-order valence-corrected chi connectivity index (χ4v) is 3.09. The standard InChI is InChI=1S/C14H21N5O7S/c1-15-12-9-13(18-8(17-12)5-25-27(22)24-3)19(6-16-9)14-11(21)10(20)7(26-14)4-23-2/h6-7,10-11,14,20-21H,4-5H2,1-3H3,(H,15,17,18)/t7-,10?,11?,14?,27?/m1/s1. The van der Waals surface area contributed by atoms with Crippen LogP contribution >= 0.6 is 0 Å². The molecule has 1 aliphatic heterocycles. The fourth-order valence-electron chi connectivity index (χ4n) is 2.80. The number of rotatable bonds is 8. The maximum atomic E-state index is 11.3. The lowest BCUT2D eigenvalue weighted by atomic mass is 10.1. The van der Waals surface area contributed by atoms with Gasteiger partial charge in [0.15, 0.2) is 29.0 Å². The summed E-state index contributed by atoms with van der Waals surface area (Å²) in [5.74, 6) is 0.641. The van der Waals surface area contributed by atoms with Gasteiger partial charge < -0.3 is 25.0 Å². The quantitative estimate of drug-likeness (QED) is 0.491. The monoisotopic (exact) mass is 403 g/mol. The first kappa shape index (κ1) is 20.0. The number of aliphatic hydroxyl groups excluding tert-OH is 2. The summed E-state index contributed by atoms with van der Waals surface area (Å²) in [6, 6.07) is 0. The highest BCUT2D eigenvalue weighted by atomic mass is 32.2. The normalized spacial score (nSPS) is 26.6. The molecule has 1 fully saturated rings. The van der Waals surface area contributed by atoms with Gasteiger partial charge in [0.25, 0.3) is 0 Å². The molecule has 2 aromatic heterocycles. The van der Waals surface area contributed by atoms with Crippen molar-refractivity contribution in [3.05, 3.63) is 12.2 Å². The summed E-state index contributed by atoms with van der Waals surface area (Å²) < 4.78 is 33.0. The van der Waals surface area contributed by atoms with Crippen molar-refractivity contribution < 1.29 is 32.3 Å². The molecule has 27 heavy (non-hydrogen) atoms. The summed E-state index contributed by atoms with van der Waals surface area (Å²) in [5.41, 5.74) is 0.792. The van der Waals surface area contributed by atoms with E-state index in [0.717, 1.165) is 0 Å². The third-order valence-corrected chi connectivity index (χ3v) is 4.65. The lowest BCUT2D eigenvalue weighted by Crippen LogP contribution is -2.33. The summed E-state index contributed by atoms with van der Waals surface area (Å²) in [5, 5.41) is 23.4. The van der Waals surface area contributed by atoms with Crippen molar-refractivity contribution in [1.29, 1.82) is 0 Å². The number of ether oxygens (including phenoxy) is 2. The van der Waals surface area contributed by atoms with Crippen LogP contribution in [0.25, 0.3) is 11.2 Å². The number of imidazole rings is 1. The summed E-state index contributed by atoms with van der Waals surface area (Å²) in [6.07, 6.45) is -2.48. The number of nitrogens with zero attached hydrogens (tertiary/aromatic N) is 4. The van der Waals surface area contributed by atoms with E-state index < -0.39 is 35.9 Å². The van der Waals surface area contributed by atoms with Crippen LogP contribution in [-0.4, -0.2) is 80.1 Å². The second-order valence-electron chi connectivity index (χ2n) is 5.70. The lowest BCUT2D eigenvalue weighted by molar-refractivity contribution is -0.0580. The van der Waals surface area contributed by atoms with E-state index in [1.54, 1.807) is 7.05 Å². The number of aliphatic hydroxyl groups is 2. The van der Waals surface area contributed by atoms with Gasteiger partial charge in [0.2, 0.25) is 0 Å². The minimum Gasteiger partial charge on any atom is -0.387 e. The highest BCUT2D eigenvalue weighted by Gasteiger charge is 2.44. The zero-order valence-electron chi connectivity index (χ0n) is 14.9. The average molecular weight is 403 g/mol. The summed E-state index contributed by atoms with van der Waals surface area (Å²) in [6.45, 7) is -0.0424. The van der Waals surface area contributed by atoms with Crippen molar-refractivity contribution in [2.24, 2.45) is 0 Å². The van der Waals surface area contributed by atoms with Crippen LogP contribution in [0, 0.1) is 0 Å². The third kappa shape index (κ3) is 3.94. The molecule has 0 bridgehead atoms. The van der Waals surface area contributed by atoms with E-state index in [4.69, 9.17) is 13.7 Å². The van der Waals surface area contributed by atoms with Crippen LogP contribution in [0.1, 0.15) is 12.1 Å². The molecular formula is C14H21N5O7S. The van der Waals surface area contributed by atoms with Gasteiger partial charge in [-0.3, -0.25) is 12.9 Å².